The van der Waals surface area contributed by atoms with Crippen molar-refractivity contribution in [1.29, 1.82) is 0 Å². The van der Waals surface area contributed by atoms with E-state index in [1.807, 2.05) is 39.8 Å². The summed E-state index contributed by atoms with van der Waals surface area (Å²) in [4.78, 5) is 0. The molecule has 0 atom stereocenters. The molecule has 0 saturated heterocycles. The maximum Gasteiger partial charge on any atom is 0.661 e. The molecule has 25 heavy (non-hydrogen) atoms. The van der Waals surface area contributed by atoms with Gasteiger partial charge in [-0.15, -0.1) is 0 Å². The molecule has 0 unspecified atom stereocenters. The highest BCUT2D eigenvalue weighted by molar-refractivity contribution is 14.1. The van der Waals surface area contributed by atoms with Crippen LogP contribution in [-0.2, 0) is 0 Å². The monoisotopic (exact) mass is 446 g/mol. The quantitative estimate of drug-likeness (QED) is 0.523. The molecule has 0 fully saturated rings. The SMILES string of the molecule is CC1=CC(C)=[N+]2C1=C(c1ccc(I)cc1)c1c(C)cc(C)n1[B-]2(O)O. The lowest BCUT2D eigenvalue weighted by Gasteiger charge is -2.36. The molecule has 0 aliphatic carbocycles. The van der Waals surface area contributed by atoms with Crippen molar-refractivity contribution >= 4 is 40.7 Å². The van der Waals surface area contributed by atoms with Gasteiger partial charge >= 0.3 is 6.82 Å². The molecule has 2 aromatic rings. The predicted octanol–water partition coefficient (Wildman–Crippen LogP) is 3.18. The van der Waals surface area contributed by atoms with Crippen molar-refractivity contribution in [3.63, 3.8) is 0 Å². The normalized spacial score (nSPS) is 18.4. The molecule has 0 amide bonds. The molecule has 4 nitrogen and oxygen atoms in total. The van der Waals surface area contributed by atoms with Crippen LogP contribution < -0.4 is 0 Å². The van der Waals surface area contributed by atoms with E-state index < -0.39 is 6.82 Å². The number of hydrogen-bond donors (Lipinski definition) is 2. The molecule has 2 aliphatic heterocycles. The van der Waals surface area contributed by atoms with E-state index in [4.69, 9.17) is 0 Å². The largest absolute Gasteiger partial charge is 0.661 e. The van der Waals surface area contributed by atoms with Crippen molar-refractivity contribution in [2.45, 2.75) is 27.7 Å². The van der Waals surface area contributed by atoms with Crippen molar-refractivity contribution in [3.05, 3.63) is 73.8 Å². The Balaban J connectivity index is 2.17. The van der Waals surface area contributed by atoms with Gasteiger partial charge in [0.2, 0.25) is 0 Å². The Bertz CT molecular complexity index is 1010. The Labute approximate surface area is 161 Å². The highest BCUT2D eigenvalue weighted by Crippen LogP contribution is 2.42. The number of nitrogens with zero attached hydrogens (tertiary/aromatic N) is 2. The number of allylic oxidation sites excluding steroid dienone is 2. The van der Waals surface area contributed by atoms with E-state index >= 15 is 0 Å². The fourth-order valence-electron chi connectivity index (χ4n) is 4.28. The molecule has 2 N–H and O–H groups in total. The highest BCUT2D eigenvalue weighted by Gasteiger charge is 2.51. The van der Waals surface area contributed by atoms with Gasteiger partial charge in [-0.1, -0.05) is 12.1 Å². The Morgan fingerprint density at radius 1 is 1.04 bits per heavy atom. The first kappa shape index (κ1) is 16.8. The van der Waals surface area contributed by atoms with Crippen LogP contribution in [0, 0.1) is 17.4 Å². The second-order valence-corrected chi connectivity index (χ2v) is 8.20. The first-order valence-electron chi connectivity index (χ1n) is 8.34. The van der Waals surface area contributed by atoms with E-state index in [9.17, 15) is 10.0 Å². The molecule has 0 spiro atoms. The summed E-state index contributed by atoms with van der Waals surface area (Å²) >= 11 is 2.30. The number of rotatable bonds is 1. The summed E-state index contributed by atoms with van der Waals surface area (Å²) in [6.45, 7) is 4.99. The predicted molar refractivity (Wildman–Crippen MR) is 109 cm³/mol. The number of hydrogen-bond acceptors (Lipinski definition) is 2. The molecular weight excluding hydrogens is 426 g/mol. The third-order valence-electron chi connectivity index (χ3n) is 5.14. The average Bonchev–Trinajstić information content (AvgIpc) is 2.99. The van der Waals surface area contributed by atoms with Crippen LogP contribution in [0.25, 0.3) is 5.57 Å². The summed E-state index contributed by atoms with van der Waals surface area (Å²) in [5.41, 5.74) is 7.68. The van der Waals surface area contributed by atoms with Crippen LogP contribution in [0.2, 0.25) is 0 Å². The molecule has 128 valence electrons. The molecule has 0 bridgehead atoms. The second-order valence-electron chi connectivity index (χ2n) is 6.95. The van der Waals surface area contributed by atoms with E-state index in [0.29, 0.717) is 0 Å². The summed E-state index contributed by atoms with van der Waals surface area (Å²) < 4.78 is 4.54. The maximum absolute atomic E-state index is 11.1. The molecule has 1 aromatic heterocycles. The van der Waals surface area contributed by atoms with Gasteiger partial charge in [0.15, 0.2) is 5.70 Å². The van der Waals surface area contributed by atoms with E-state index in [2.05, 4.69) is 46.9 Å². The summed E-state index contributed by atoms with van der Waals surface area (Å²) in [6.07, 6.45) is 2.02. The Morgan fingerprint density at radius 2 is 1.68 bits per heavy atom. The summed E-state index contributed by atoms with van der Waals surface area (Å²) in [5.74, 6) is 0. The lowest BCUT2D eigenvalue weighted by molar-refractivity contribution is -0.378. The van der Waals surface area contributed by atoms with Gasteiger partial charge < -0.3 is 19.0 Å². The zero-order valence-electron chi connectivity index (χ0n) is 14.7. The Morgan fingerprint density at radius 3 is 2.32 bits per heavy atom. The van der Waals surface area contributed by atoms with Crippen molar-refractivity contribution in [2.75, 3.05) is 0 Å². The topological polar surface area (TPSA) is 48.4 Å². The number of fused-ring (bicyclic) bond motifs is 2. The third kappa shape index (κ3) is 2.24. The fourth-order valence-corrected chi connectivity index (χ4v) is 4.64. The molecule has 4 rings (SSSR count). The van der Waals surface area contributed by atoms with Crippen LogP contribution in [0.15, 0.2) is 47.7 Å². The van der Waals surface area contributed by atoms with Gasteiger partial charge in [0, 0.05) is 27.8 Å². The number of aryl methyl sites for hydroxylation is 2. The minimum Gasteiger partial charge on any atom is -0.498 e. The summed E-state index contributed by atoms with van der Waals surface area (Å²) in [7, 11) is 0. The lowest BCUT2D eigenvalue weighted by atomic mass is 9.79. The van der Waals surface area contributed by atoms with E-state index in [0.717, 1.165) is 45.1 Å². The van der Waals surface area contributed by atoms with Gasteiger partial charge in [-0.3, -0.25) is 0 Å². The van der Waals surface area contributed by atoms with Crippen LogP contribution in [0.4, 0.5) is 0 Å². The van der Waals surface area contributed by atoms with E-state index in [1.54, 1.807) is 8.96 Å². The summed E-state index contributed by atoms with van der Waals surface area (Å²) in [5, 5.41) is 22.2. The van der Waals surface area contributed by atoms with Crippen LogP contribution in [0.1, 0.15) is 36.4 Å². The Hall–Kier alpha value is -1.64. The molecule has 0 saturated carbocycles. The minimum atomic E-state index is -2.90. The maximum atomic E-state index is 11.1. The average molecular weight is 446 g/mol. The Kier molecular flexibility index (Phi) is 3.65. The minimum absolute atomic E-state index is 0.844. The van der Waals surface area contributed by atoms with Crippen LogP contribution in [0.5, 0.6) is 0 Å². The van der Waals surface area contributed by atoms with Crippen molar-refractivity contribution in [1.82, 2.24) is 4.48 Å². The van der Waals surface area contributed by atoms with Gasteiger partial charge in [-0.25, -0.2) is 0 Å². The van der Waals surface area contributed by atoms with E-state index in [-0.39, 0.29) is 0 Å². The zero-order chi connectivity index (χ0) is 18.1. The first-order valence-corrected chi connectivity index (χ1v) is 9.42. The van der Waals surface area contributed by atoms with Gasteiger partial charge in [-0.05, 0) is 78.4 Å². The zero-order valence-corrected chi connectivity index (χ0v) is 16.9. The van der Waals surface area contributed by atoms with Crippen LogP contribution in [0.3, 0.4) is 0 Å². The van der Waals surface area contributed by atoms with Crippen LogP contribution >= 0.6 is 22.6 Å². The summed E-state index contributed by atoms with van der Waals surface area (Å²) in [6, 6.07) is 10.4. The molecule has 6 heteroatoms. The molecule has 3 heterocycles. The standard InChI is InChI=1S/C19H20BIN2O2/c1-11-9-13(3)22-18(11)17(15-5-7-16(21)8-6-15)19-12(2)10-14(4)23(19)20(22,24)25/h5-10,24-25H,1-4H3. The number of benzene rings is 1. The van der Waals surface area contributed by atoms with Crippen LogP contribution in [-0.4, -0.2) is 31.5 Å². The number of halogens is 1. The third-order valence-corrected chi connectivity index (χ3v) is 5.86. The van der Waals surface area contributed by atoms with Crippen molar-refractivity contribution < 1.29 is 14.5 Å². The molecule has 1 aromatic carbocycles. The fraction of sp³-hybridized carbons (Fsp3) is 0.211. The van der Waals surface area contributed by atoms with Gasteiger partial charge in [-0.2, -0.15) is 0 Å². The van der Waals surface area contributed by atoms with Crippen molar-refractivity contribution in [2.24, 2.45) is 0 Å². The van der Waals surface area contributed by atoms with Gasteiger partial charge in [0.05, 0.1) is 5.57 Å². The lowest BCUT2D eigenvalue weighted by Crippen LogP contribution is -2.59. The molecule has 2 aliphatic rings. The van der Waals surface area contributed by atoms with E-state index in [1.165, 1.54) is 3.57 Å². The first-order chi connectivity index (χ1) is 11.7. The van der Waals surface area contributed by atoms with Gasteiger partial charge in [0.25, 0.3) is 0 Å². The smallest absolute Gasteiger partial charge is 0.498 e. The molecular formula is C19H20BIN2O2. The number of aromatic nitrogens is 1. The highest BCUT2D eigenvalue weighted by atomic mass is 127. The van der Waals surface area contributed by atoms with Gasteiger partial charge in [0.1, 0.15) is 5.71 Å². The van der Waals surface area contributed by atoms with Crippen molar-refractivity contribution in [3.8, 4) is 0 Å². The second kappa shape index (κ2) is 5.43. The molecule has 0 radical (unpaired) electrons.